The summed E-state index contributed by atoms with van der Waals surface area (Å²) >= 11 is 12.0. The molecule has 5 heteroatoms. The molecule has 0 N–H and O–H groups in total. The van der Waals surface area contributed by atoms with Crippen molar-refractivity contribution in [2.75, 3.05) is 6.61 Å². The highest BCUT2D eigenvalue weighted by Gasteiger charge is 2.10. The summed E-state index contributed by atoms with van der Waals surface area (Å²) in [5, 5.41) is 0.873. The SMILES string of the molecule is CCCc1c(Cl)nc(COCC)nc1Cl. The predicted octanol–water partition coefficient (Wildman–Crippen LogP) is 3.27. The molecule has 1 aromatic heterocycles. The van der Waals surface area contributed by atoms with E-state index in [-0.39, 0.29) is 0 Å². The van der Waals surface area contributed by atoms with E-state index in [0.29, 0.717) is 29.3 Å². The summed E-state index contributed by atoms with van der Waals surface area (Å²) in [5.41, 5.74) is 0.820. The van der Waals surface area contributed by atoms with E-state index >= 15 is 0 Å². The van der Waals surface area contributed by atoms with Crippen LogP contribution in [0.2, 0.25) is 10.3 Å². The van der Waals surface area contributed by atoms with E-state index in [1.54, 1.807) is 0 Å². The molecule has 0 atom stereocenters. The average Bonchev–Trinajstić information content (AvgIpc) is 2.20. The summed E-state index contributed by atoms with van der Waals surface area (Å²) in [6.45, 7) is 4.94. The normalized spacial score (nSPS) is 10.7. The Morgan fingerprint density at radius 2 is 1.73 bits per heavy atom. The van der Waals surface area contributed by atoms with Crippen LogP contribution in [0.3, 0.4) is 0 Å². The molecule has 0 radical (unpaired) electrons. The Kier molecular flexibility index (Phi) is 5.29. The van der Waals surface area contributed by atoms with Crippen molar-refractivity contribution in [1.29, 1.82) is 0 Å². The molecule has 1 aromatic rings. The second-order valence-corrected chi connectivity index (χ2v) is 3.80. The number of hydrogen-bond acceptors (Lipinski definition) is 3. The number of ether oxygens (including phenoxy) is 1. The molecule has 3 nitrogen and oxygen atoms in total. The van der Waals surface area contributed by atoms with E-state index in [4.69, 9.17) is 27.9 Å². The number of hydrogen-bond donors (Lipinski definition) is 0. The standard InChI is InChI=1S/C10H14Cl2N2O/c1-3-5-7-9(11)13-8(6-15-4-2)14-10(7)12/h3-6H2,1-2H3. The molecule has 0 bridgehead atoms. The number of rotatable bonds is 5. The summed E-state index contributed by atoms with van der Waals surface area (Å²) in [4.78, 5) is 8.27. The fraction of sp³-hybridized carbons (Fsp3) is 0.600. The van der Waals surface area contributed by atoms with Gasteiger partial charge in [-0.05, 0) is 13.3 Å². The van der Waals surface area contributed by atoms with Crippen LogP contribution in [-0.4, -0.2) is 16.6 Å². The molecule has 0 aliphatic carbocycles. The zero-order valence-corrected chi connectivity index (χ0v) is 10.4. The van der Waals surface area contributed by atoms with Crippen LogP contribution in [0.15, 0.2) is 0 Å². The number of nitrogens with zero attached hydrogens (tertiary/aromatic N) is 2. The second-order valence-electron chi connectivity index (χ2n) is 3.09. The summed E-state index contributed by atoms with van der Waals surface area (Å²) < 4.78 is 5.19. The number of halogens is 2. The van der Waals surface area contributed by atoms with Crippen molar-refractivity contribution < 1.29 is 4.74 Å². The largest absolute Gasteiger partial charge is 0.374 e. The van der Waals surface area contributed by atoms with Crippen molar-refractivity contribution in [3.05, 3.63) is 21.7 Å². The molecule has 0 aliphatic rings. The molecule has 1 heterocycles. The lowest BCUT2D eigenvalue weighted by molar-refractivity contribution is 0.128. The lowest BCUT2D eigenvalue weighted by Gasteiger charge is -2.07. The van der Waals surface area contributed by atoms with Crippen molar-refractivity contribution in [2.45, 2.75) is 33.3 Å². The van der Waals surface area contributed by atoms with Crippen LogP contribution in [0, 0.1) is 0 Å². The first-order valence-corrected chi connectivity index (χ1v) is 5.73. The van der Waals surface area contributed by atoms with Crippen molar-refractivity contribution in [3.8, 4) is 0 Å². The highest BCUT2D eigenvalue weighted by atomic mass is 35.5. The van der Waals surface area contributed by atoms with Gasteiger partial charge in [-0.25, -0.2) is 9.97 Å². The van der Waals surface area contributed by atoms with Gasteiger partial charge in [-0.2, -0.15) is 0 Å². The Labute approximate surface area is 99.8 Å². The van der Waals surface area contributed by atoms with Crippen LogP contribution in [-0.2, 0) is 17.8 Å². The van der Waals surface area contributed by atoms with Crippen molar-refractivity contribution in [1.82, 2.24) is 9.97 Å². The van der Waals surface area contributed by atoms with E-state index in [2.05, 4.69) is 16.9 Å². The molecule has 0 unspecified atom stereocenters. The Bertz CT molecular complexity index is 308. The third kappa shape index (κ3) is 3.59. The van der Waals surface area contributed by atoms with Crippen LogP contribution in [0.25, 0.3) is 0 Å². The minimum absolute atomic E-state index is 0.350. The van der Waals surface area contributed by atoms with E-state index in [1.165, 1.54) is 0 Å². The van der Waals surface area contributed by atoms with E-state index in [1.807, 2.05) is 6.92 Å². The highest BCUT2D eigenvalue weighted by molar-refractivity contribution is 6.34. The maximum atomic E-state index is 6.00. The smallest absolute Gasteiger partial charge is 0.157 e. The summed E-state index contributed by atoms with van der Waals surface area (Å²) in [7, 11) is 0. The minimum atomic E-state index is 0.350. The van der Waals surface area contributed by atoms with Crippen molar-refractivity contribution in [2.24, 2.45) is 0 Å². The molecule has 0 aliphatic heterocycles. The lowest BCUT2D eigenvalue weighted by atomic mass is 10.2. The third-order valence-electron chi connectivity index (χ3n) is 1.89. The third-order valence-corrected chi connectivity index (χ3v) is 2.51. The van der Waals surface area contributed by atoms with Crippen LogP contribution in [0.5, 0.6) is 0 Å². The first-order valence-electron chi connectivity index (χ1n) is 4.97. The Morgan fingerprint density at radius 3 is 2.20 bits per heavy atom. The van der Waals surface area contributed by atoms with Crippen LogP contribution >= 0.6 is 23.2 Å². The lowest BCUT2D eigenvalue weighted by Crippen LogP contribution is -2.03. The summed E-state index contributed by atoms with van der Waals surface area (Å²) in [6, 6.07) is 0. The second kappa shape index (κ2) is 6.26. The van der Waals surface area contributed by atoms with Gasteiger partial charge in [-0.1, -0.05) is 36.5 Å². The summed E-state index contributed by atoms with van der Waals surface area (Å²) in [6.07, 6.45) is 1.76. The van der Waals surface area contributed by atoms with E-state index < -0.39 is 0 Å². The molecular formula is C10H14Cl2N2O. The molecule has 0 aromatic carbocycles. The van der Waals surface area contributed by atoms with Crippen LogP contribution in [0.1, 0.15) is 31.7 Å². The molecular weight excluding hydrogens is 235 g/mol. The van der Waals surface area contributed by atoms with E-state index in [0.717, 1.165) is 18.4 Å². The minimum Gasteiger partial charge on any atom is -0.374 e. The fourth-order valence-electron chi connectivity index (χ4n) is 1.19. The van der Waals surface area contributed by atoms with Crippen LogP contribution in [0.4, 0.5) is 0 Å². The first-order chi connectivity index (χ1) is 7.19. The fourth-order valence-corrected chi connectivity index (χ4v) is 1.80. The van der Waals surface area contributed by atoms with Crippen molar-refractivity contribution in [3.63, 3.8) is 0 Å². The maximum Gasteiger partial charge on any atom is 0.157 e. The Balaban J connectivity index is 2.87. The summed E-state index contributed by atoms with van der Waals surface area (Å²) in [5.74, 6) is 0.534. The van der Waals surface area contributed by atoms with Gasteiger partial charge >= 0.3 is 0 Å². The van der Waals surface area contributed by atoms with Gasteiger partial charge in [-0.15, -0.1) is 0 Å². The molecule has 1 rings (SSSR count). The van der Waals surface area contributed by atoms with Gasteiger partial charge in [0.05, 0.1) is 0 Å². The topological polar surface area (TPSA) is 35.0 Å². The quantitative estimate of drug-likeness (QED) is 0.751. The number of aromatic nitrogens is 2. The Hall–Kier alpha value is -0.380. The monoisotopic (exact) mass is 248 g/mol. The first kappa shape index (κ1) is 12.7. The highest BCUT2D eigenvalue weighted by Crippen LogP contribution is 2.22. The molecule has 0 amide bonds. The molecule has 0 spiro atoms. The maximum absolute atomic E-state index is 6.00. The van der Waals surface area contributed by atoms with Gasteiger partial charge in [0, 0.05) is 12.2 Å². The van der Waals surface area contributed by atoms with Crippen LogP contribution < -0.4 is 0 Å². The van der Waals surface area contributed by atoms with Gasteiger partial charge in [0.15, 0.2) is 5.82 Å². The zero-order valence-electron chi connectivity index (χ0n) is 8.89. The average molecular weight is 249 g/mol. The van der Waals surface area contributed by atoms with E-state index in [9.17, 15) is 0 Å². The van der Waals surface area contributed by atoms with Gasteiger partial charge in [0.25, 0.3) is 0 Å². The molecule has 0 fully saturated rings. The van der Waals surface area contributed by atoms with Gasteiger partial charge in [0.1, 0.15) is 16.9 Å². The Morgan fingerprint density at radius 1 is 1.13 bits per heavy atom. The molecule has 0 saturated heterocycles. The van der Waals surface area contributed by atoms with Gasteiger partial charge in [0.2, 0.25) is 0 Å². The molecule has 0 saturated carbocycles. The zero-order chi connectivity index (χ0) is 11.3. The predicted molar refractivity (Wildman–Crippen MR) is 61.4 cm³/mol. The molecule has 84 valence electrons. The molecule has 15 heavy (non-hydrogen) atoms. The van der Waals surface area contributed by atoms with Crippen molar-refractivity contribution >= 4 is 23.2 Å². The van der Waals surface area contributed by atoms with Gasteiger partial charge < -0.3 is 4.74 Å². The van der Waals surface area contributed by atoms with Gasteiger partial charge in [-0.3, -0.25) is 0 Å².